The van der Waals surface area contributed by atoms with Crippen LogP contribution in [0.2, 0.25) is 0 Å². The molecular formula is C17H24N2O5S. The van der Waals surface area contributed by atoms with Crippen LogP contribution in [0.15, 0.2) is 29.2 Å². The maximum absolute atomic E-state index is 12.7. The van der Waals surface area contributed by atoms with Crippen molar-refractivity contribution < 1.29 is 23.1 Å². The molecule has 0 unspecified atom stereocenters. The van der Waals surface area contributed by atoms with Gasteiger partial charge in [-0.15, -0.1) is 0 Å². The average Bonchev–Trinajstić information content (AvgIpc) is 2.61. The van der Waals surface area contributed by atoms with Gasteiger partial charge in [-0.05, 0) is 37.5 Å². The molecule has 0 aromatic heterocycles. The lowest BCUT2D eigenvalue weighted by Gasteiger charge is -2.26. The van der Waals surface area contributed by atoms with Crippen molar-refractivity contribution in [2.45, 2.75) is 37.0 Å². The standard InChI is InChI=1S/C17H24N2O5S/c1-18(10-6-9-16(20)21)17(22)14-7-5-8-15(13-14)25(23,24)19-11-3-2-4-12-19/h5,7-8,13H,2-4,6,9-12H2,1H3,(H,20,21). The minimum Gasteiger partial charge on any atom is -0.481 e. The summed E-state index contributed by atoms with van der Waals surface area (Å²) in [6.07, 6.45) is 3.07. The van der Waals surface area contributed by atoms with Crippen LogP contribution in [-0.2, 0) is 14.8 Å². The predicted molar refractivity (Wildman–Crippen MR) is 92.9 cm³/mol. The van der Waals surface area contributed by atoms with E-state index in [-0.39, 0.29) is 22.8 Å². The molecule has 1 aromatic carbocycles. The first-order valence-corrected chi connectivity index (χ1v) is 9.84. The number of nitrogens with zero attached hydrogens (tertiary/aromatic N) is 2. The second-order valence-corrected chi connectivity index (χ2v) is 8.15. The van der Waals surface area contributed by atoms with E-state index in [1.165, 1.54) is 21.3 Å². The molecule has 1 aliphatic rings. The molecule has 25 heavy (non-hydrogen) atoms. The highest BCUT2D eigenvalue weighted by Crippen LogP contribution is 2.21. The van der Waals surface area contributed by atoms with Crippen molar-refractivity contribution in [1.29, 1.82) is 0 Å². The molecule has 1 heterocycles. The van der Waals surface area contributed by atoms with E-state index in [1.807, 2.05) is 0 Å². The van der Waals surface area contributed by atoms with Crippen molar-refractivity contribution in [2.24, 2.45) is 0 Å². The molecule has 0 atom stereocenters. The van der Waals surface area contributed by atoms with Crippen molar-refractivity contribution in [3.8, 4) is 0 Å². The molecule has 2 rings (SSSR count). The molecule has 1 aliphatic heterocycles. The Morgan fingerprint density at radius 1 is 1.20 bits per heavy atom. The summed E-state index contributed by atoms with van der Waals surface area (Å²) in [4.78, 5) is 24.5. The van der Waals surface area contributed by atoms with Crippen molar-refractivity contribution in [2.75, 3.05) is 26.7 Å². The molecular weight excluding hydrogens is 344 g/mol. The summed E-state index contributed by atoms with van der Waals surface area (Å²) in [6, 6.07) is 6.05. The van der Waals surface area contributed by atoms with Crippen LogP contribution in [0.4, 0.5) is 0 Å². The Kier molecular flexibility index (Phi) is 6.55. The summed E-state index contributed by atoms with van der Waals surface area (Å²) >= 11 is 0. The minimum absolute atomic E-state index is 0.0129. The minimum atomic E-state index is -3.59. The number of benzene rings is 1. The van der Waals surface area contributed by atoms with Gasteiger partial charge in [0, 0.05) is 38.7 Å². The summed E-state index contributed by atoms with van der Waals surface area (Å²) in [5, 5.41) is 8.66. The van der Waals surface area contributed by atoms with Gasteiger partial charge in [-0.25, -0.2) is 8.42 Å². The molecule has 0 aliphatic carbocycles. The number of piperidine rings is 1. The number of hydrogen-bond acceptors (Lipinski definition) is 4. The Morgan fingerprint density at radius 3 is 2.52 bits per heavy atom. The van der Waals surface area contributed by atoms with Crippen molar-refractivity contribution in [3.63, 3.8) is 0 Å². The van der Waals surface area contributed by atoms with E-state index in [1.54, 1.807) is 19.2 Å². The summed E-state index contributed by atoms with van der Waals surface area (Å²) in [7, 11) is -2.01. The summed E-state index contributed by atoms with van der Waals surface area (Å²) < 4.78 is 26.9. The smallest absolute Gasteiger partial charge is 0.303 e. The van der Waals surface area contributed by atoms with Gasteiger partial charge in [-0.2, -0.15) is 4.31 Å². The zero-order valence-electron chi connectivity index (χ0n) is 14.3. The Balaban J connectivity index is 2.12. The van der Waals surface area contributed by atoms with Crippen molar-refractivity contribution in [1.82, 2.24) is 9.21 Å². The van der Waals surface area contributed by atoms with Gasteiger partial charge in [-0.1, -0.05) is 12.5 Å². The SMILES string of the molecule is CN(CCCC(=O)O)C(=O)c1cccc(S(=O)(=O)N2CCCCC2)c1. The Morgan fingerprint density at radius 2 is 1.88 bits per heavy atom. The number of amides is 1. The largest absolute Gasteiger partial charge is 0.481 e. The van der Waals surface area contributed by atoms with Gasteiger partial charge in [-0.3, -0.25) is 9.59 Å². The van der Waals surface area contributed by atoms with Crippen LogP contribution in [0.25, 0.3) is 0 Å². The van der Waals surface area contributed by atoms with E-state index in [2.05, 4.69) is 0 Å². The van der Waals surface area contributed by atoms with E-state index in [4.69, 9.17) is 5.11 Å². The van der Waals surface area contributed by atoms with Crippen LogP contribution in [0, 0.1) is 0 Å². The predicted octanol–water partition coefficient (Wildman–Crippen LogP) is 1.80. The van der Waals surface area contributed by atoms with Crippen LogP contribution < -0.4 is 0 Å². The molecule has 1 fully saturated rings. The maximum Gasteiger partial charge on any atom is 0.303 e. The highest BCUT2D eigenvalue weighted by atomic mass is 32.2. The van der Waals surface area contributed by atoms with Gasteiger partial charge >= 0.3 is 5.97 Å². The lowest BCUT2D eigenvalue weighted by atomic mass is 10.2. The Labute approximate surface area is 148 Å². The van der Waals surface area contributed by atoms with E-state index in [9.17, 15) is 18.0 Å². The lowest BCUT2D eigenvalue weighted by Crippen LogP contribution is -2.35. The van der Waals surface area contributed by atoms with E-state index >= 15 is 0 Å². The molecule has 0 bridgehead atoms. The van der Waals surface area contributed by atoms with Gasteiger partial charge < -0.3 is 10.0 Å². The second-order valence-electron chi connectivity index (χ2n) is 6.22. The molecule has 1 amide bonds. The van der Waals surface area contributed by atoms with Crippen LogP contribution in [0.1, 0.15) is 42.5 Å². The monoisotopic (exact) mass is 368 g/mol. The Bertz CT molecular complexity index is 726. The van der Waals surface area contributed by atoms with Crippen LogP contribution >= 0.6 is 0 Å². The normalized spacial score (nSPS) is 15.7. The molecule has 8 heteroatoms. The first-order valence-electron chi connectivity index (χ1n) is 8.40. The van der Waals surface area contributed by atoms with Crippen LogP contribution in [0.5, 0.6) is 0 Å². The number of carboxylic acids is 1. The fourth-order valence-corrected chi connectivity index (χ4v) is 4.40. The molecule has 1 saturated heterocycles. The number of rotatable bonds is 7. The number of carbonyl (C=O) groups excluding carboxylic acids is 1. The van der Waals surface area contributed by atoms with Crippen LogP contribution in [0.3, 0.4) is 0 Å². The fraction of sp³-hybridized carbons (Fsp3) is 0.529. The molecule has 0 saturated carbocycles. The number of carbonyl (C=O) groups is 2. The number of sulfonamides is 1. The quantitative estimate of drug-likeness (QED) is 0.792. The molecule has 0 spiro atoms. The molecule has 138 valence electrons. The summed E-state index contributed by atoms with van der Waals surface area (Å²) in [5.41, 5.74) is 0.288. The summed E-state index contributed by atoms with van der Waals surface area (Å²) in [5.74, 6) is -1.23. The first kappa shape index (κ1) is 19.4. The van der Waals surface area contributed by atoms with E-state index < -0.39 is 16.0 Å². The van der Waals surface area contributed by atoms with Crippen LogP contribution in [-0.4, -0.2) is 61.3 Å². The lowest BCUT2D eigenvalue weighted by molar-refractivity contribution is -0.137. The second kappa shape index (κ2) is 8.44. The zero-order chi connectivity index (χ0) is 18.4. The third-order valence-corrected chi connectivity index (χ3v) is 6.16. The molecule has 1 N–H and O–H groups in total. The van der Waals surface area contributed by atoms with Gasteiger partial charge in [0.1, 0.15) is 0 Å². The molecule has 7 nitrogen and oxygen atoms in total. The topological polar surface area (TPSA) is 95.0 Å². The molecule has 0 radical (unpaired) electrons. The average molecular weight is 368 g/mol. The van der Waals surface area contributed by atoms with Gasteiger partial charge in [0.15, 0.2) is 0 Å². The number of carboxylic acid groups (broad SMARTS) is 1. The number of hydrogen-bond donors (Lipinski definition) is 1. The fourth-order valence-electron chi connectivity index (χ4n) is 2.83. The third kappa shape index (κ3) is 5.02. The summed E-state index contributed by atoms with van der Waals surface area (Å²) in [6.45, 7) is 1.32. The van der Waals surface area contributed by atoms with Crippen molar-refractivity contribution in [3.05, 3.63) is 29.8 Å². The zero-order valence-corrected chi connectivity index (χ0v) is 15.2. The van der Waals surface area contributed by atoms with E-state index in [0.717, 1.165) is 19.3 Å². The van der Waals surface area contributed by atoms with Crippen molar-refractivity contribution >= 4 is 21.9 Å². The first-order chi connectivity index (χ1) is 11.8. The third-order valence-electron chi connectivity index (χ3n) is 4.26. The van der Waals surface area contributed by atoms with E-state index in [0.29, 0.717) is 26.1 Å². The van der Waals surface area contributed by atoms with Gasteiger partial charge in [0.25, 0.3) is 5.91 Å². The highest BCUT2D eigenvalue weighted by molar-refractivity contribution is 7.89. The Hall–Kier alpha value is -1.93. The van der Waals surface area contributed by atoms with Gasteiger partial charge in [0.2, 0.25) is 10.0 Å². The molecule has 1 aromatic rings. The number of aliphatic carboxylic acids is 1. The highest BCUT2D eigenvalue weighted by Gasteiger charge is 2.26. The maximum atomic E-state index is 12.7. The van der Waals surface area contributed by atoms with Gasteiger partial charge in [0.05, 0.1) is 4.90 Å².